The first-order chi connectivity index (χ1) is 10.2. The summed E-state index contributed by atoms with van der Waals surface area (Å²) in [5, 5.41) is 4.40. The van der Waals surface area contributed by atoms with Crippen LogP contribution in [0.2, 0.25) is 5.02 Å². The van der Waals surface area contributed by atoms with Gasteiger partial charge in [0.2, 0.25) is 0 Å². The van der Waals surface area contributed by atoms with Crippen LogP contribution in [-0.4, -0.2) is 13.2 Å². The van der Waals surface area contributed by atoms with Crippen LogP contribution in [0.3, 0.4) is 0 Å². The summed E-state index contributed by atoms with van der Waals surface area (Å²) < 4.78 is 5.29. The Kier molecular flexibility index (Phi) is 9.32. The van der Waals surface area contributed by atoms with Crippen LogP contribution in [0.5, 0.6) is 5.75 Å². The molecule has 0 fully saturated rings. The fraction of sp³-hybridized carbons (Fsp3) is 0.667. The number of halogens is 1. The third-order valence-corrected chi connectivity index (χ3v) is 4.18. The summed E-state index contributed by atoms with van der Waals surface area (Å²) in [7, 11) is 1.69. The smallest absolute Gasteiger partial charge is 0.121 e. The predicted octanol–water partition coefficient (Wildman–Crippen LogP) is 6.29. The molecule has 0 aliphatic heterocycles. The fourth-order valence-corrected chi connectivity index (χ4v) is 2.70. The van der Waals surface area contributed by atoms with E-state index in [0.717, 1.165) is 16.5 Å². The van der Waals surface area contributed by atoms with Crippen molar-refractivity contribution in [3.63, 3.8) is 0 Å². The van der Waals surface area contributed by atoms with Gasteiger partial charge in [-0.15, -0.1) is 0 Å². The van der Waals surface area contributed by atoms with Crippen molar-refractivity contribution in [1.29, 1.82) is 0 Å². The van der Waals surface area contributed by atoms with Crippen LogP contribution in [0.25, 0.3) is 0 Å². The highest BCUT2D eigenvalue weighted by atomic mass is 35.5. The van der Waals surface area contributed by atoms with E-state index in [1.165, 1.54) is 51.4 Å². The third kappa shape index (κ3) is 7.08. The lowest BCUT2D eigenvalue weighted by Crippen LogP contribution is -2.19. The molecule has 21 heavy (non-hydrogen) atoms. The Morgan fingerprint density at radius 2 is 1.67 bits per heavy atom. The summed E-state index contributed by atoms with van der Waals surface area (Å²) in [6.45, 7) is 4.50. The Labute approximate surface area is 135 Å². The molecule has 0 radical (unpaired) electrons. The number of benzene rings is 1. The Bertz CT molecular complexity index is 385. The summed E-state index contributed by atoms with van der Waals surface area (Å²) in [4.78, 5) is 0. The van der Waals surface area contributed by atoms with E-state index < -0.39 is 0 Å². The summed E-state index contributed by atoms with van der Waals surface area (Å²) in [5.74, 6) is 0.850. The molecule has 0 heterocycles. The maximum absolute atomic E-state index is 6.30. The van der Waals surface area contributed by atoms with E-state index in [2.05, 4.69) is 19.2 Å². The molecule has 0 aromatic heterocycles. The molecule has 0 amide bonds. The maximum Gasteiger partial charge on any atom is 0.121 e. The fourth-order valence-electron chi connectivity index (χ4n) is 2.53. The second kappa shape index (κ2) is 10.8. The lowest BCUT2D eigenvalue weighted by molar-refractivity contribution is 0.415. The molecular weight excluding hydrogens is 282 g/mol. The van der Waals surface area contributed by atoms with E-state index in [0.29, 0.717) is 6.04 Å². The van der Waals surface area contributed by atoms with E-state index in [1.807, 2.05) is 18.2 Å². The van der Waals surface area contributed by atoms with Crippen LogP contribution in [0.15, 0.2) is 18.2 Å². The Balaban J connectivity index is 2.64. The number of nitrogens with one attached hydrogen (secondary N) is 1. The van der Waals surface area contributed by atoms with Gasteiger partial charge in [-0.2, -0.15) is 0 Å². The average molecular weight is 312 g/mol. The lowest BCUT2D eigenvalue weighted by Gasteiger charge is -2.21. The van der Waals surface area contributed by atoms with E-state index in [-0.39, 0.29) is 0 Å². The molecule has 0 aliphatic carbocycles. The summed E-state index contributed by atoms with van der Waals surface area (Å²) in [5.41, 5.74) is 0.994. The Morgan fingerprint density at radius 1 is 1.05 bits per heavy atom. The minimum atomic E-state index is 0.507. The lowest BCUT2D eigenvalue weighted by atomic mass is 10.0. The molecule has 2 nitrogen and oxygen atoms in total. The monoisotopic (exact) mass is 311 g/mol. The number of hydrogen-bond acceptors (Lipinski definition) is 2. The average Bonchev–Trinajstić information content (AvgIpc) is 2.49. The van der Waals surface area contributed by atoms with Crippen LogP contribution >= 0.6 is 11.6 Å². The van der Waals surface area contributed by atoms with Gasteiger partial charge in [0.1, 0.15) is 5.75 Å². The standard InChI is InChI=1S/C18H30ClNO/c1-4-6-8-10-15(11-9-7-5-2)20-18-14-16(21-3)12-13-17(18)19/h12-15,20H,4-11H2,1-3H3. The van der Waals surface area contributed by atoms with Crippen molar-refractivity contribution in [3.05, 3.63) is 23.2 Å². The van der Waals surface area contributed by atoms with Crippen LogP contribution in [0, 0.1) is 0 Å². The number of unbranched alkanes of at least 4 members (excludes halogenated alkanes) is 4. The molecule has 1 N–H and O–H groups in total. The van der Waals surface area contributed by atoms with Crippen molar-refractivity contribution in [3.8, 4) is 5.75 Å². The van der Waals surface area contributed by atoms with Gasteiger partial charge in [0.25, 0.3) is 0 Å². The number of hydrogen-bond donors (Lipinski definition) is 1. The number of rotatable bonds is 11. The van der Waals surface area contributed by atoms with E-state index in [1.54, 1.807) is 7.11 Å². The highest BCUT2D eigenvalue weighted by Gasteiger charge is 2.11. The highest BCUT2D eigenvalue weighted by molar-refractivity contribution is 6.33. The highest BCUT2D eigenvalue weighted by Crippen LogP contribution is 2.28. The molecular formula is C18H30ClNO. The second-order valence-corrected chi connectivity index (χ2v) is 6.09. The first-order valence-corrected chi connectivity index (χ1v) is 8.69. The Morgan fingerprint density at radius 3 is 2.19 bits per heavy atom. The molecule has 0 bridgehead atoms. The minimum Gasteiger partial charge on any atom is -0.497 e. The van der Waals surface area contributed by atoms with Crippen molar-refractivity contribution in [2.24, 2.45) is 0 Å². The normalized spacial score (nSPS) is 10.9. The van der Waals surface area contributed by atoms with Crippen LogP contribution in [0.4, 0.5) is 5.69 Å². The van der Waals surface area contributed by atoms with E-state index in [9.17, 15) is 0 Å². The van der Waals surface area contributed by atoms with Crippen LogP contribution in [-0.2, 0) is 0 Å². The molecule has 3 heteroatoms. The van der Waals surface area contributed by atoms with Crippen molar-refractivity contribution in [2.75, 3.05) is 12.4 Å². The van der Waals surface area contributed by atoms with Gasteiger partial charge in [0, 0.05) is 12.1 Å². The molecule has 0 aliphatic rings. The summed E-state index contributed by atoms with van der Waals surface area (Å²) in [6, 6.07) is 6.30. The zero-order valence-electron chi connectivity index (χ0n) is 13.8. The van der Waals surface area contributed by atoms with E-state index >= 15 is 0 Å². The first kappa shape index (κ1) is 18.2. The topological polar surface area (TPSA) is 21.3 Å². The van der Waals surface area contributed by atoms with Gasteiger partial charge in [-0.3, -0.25) is 0 Å². The van der Waals surface area contributed by atoms with Gasteiger partial charge in [-0.1, -0.05) is 64.0 Å². The van der Waals surface area contributed by atoms with Gasteiger partial charge in [-0.25, -0.2) is 0 Å². The molecule has 1 aromatic carbocycles. The molecule has 0 atom stereocenters. The number of methoxy groups -OCH3 is 1. The Hall–Kier alpha value is -0.890. The van der Waals surface area contributed by atoms with E-state index in [4.69, 9.17) is 16.3 Å². The first-order valence-electron chi connectivity index (χ1n) is 8.31. The third-order valence-electron chi connectivity index (χ3n) is 3.85. The van der Waals surface area contributed by atoms with Crippen molar-refractivity contribution < 1.29 is 4.74 Å². The van der Waals surface area contributed by atoms with Gasteiger partial charge in [0.05, 0.1) is 17.8 Å². The molecule has 0 saturated carbocycles. The largest absolute Gasteiger partial charge is 0.497 e. The van der Waals surface area contributed by atoms with Gasteiger partial charge < -0.3 is 10.1 Å². The zero-order chi connectivity index (χ0) is 15.5. The summed E-state index contributed by atoms with van der Waals surface area (Å²) >= 11 is 6.30. The van der Waals surface area contributed by atoms with Gasteiger partial charge >= 0.3 is 0 Å². The number of ether oxygens (including phenoxy) is 1. The quantitative estimate of drug-likeness (QED) is 0.485. The minimum absolute atomic E-state index is 0.507. The zero-order valence-corrected chi connectivity index (χ0v) is 14.5. The van der Waals surface area contributed by atoms with Crippen molar-refractivity contribution in [2.45, 2.75) is 71.3 Å². The van der Waals surface area contributed by atoms with Gasteiger partial charge in [-0.05, 0) is 25.0 Å². The summed E-state index contributed by atoms with van der Waals surface area (Å²) in [6.07, 6.45) is 10.1. The predicted molar refractivity (Wildman–Crippen MR) is 93.7 cm³/mol. The van der Waals surface area contributed by atoms with Crippen molar-refractivity contribution >= 4 is 17.3 Å². The van der Waals surface area contributed by atoms with Crippen LogP contribution < -0.4 is 10.1 Å². The molecule has 0 spiro atoms. The van der Waals surface area contributed by atoms with Crippen LogP contribution in [0.1, 0.15) is 65.2 Å². The van der Waals surface area contributed by atoms with Crippen molar-refractivity contribution in [1.82, 2.24) is 0 Å². The van der Waals surface area contributed by atoms with Gasteiger partial charge in [0.15, 0.2) is 0 Å². The molecule has 1 aromatic rings. The maximum atomic E-state index is 6.30. The molecule has 0 saturated heterocycles. The molecule has 1 rings (SSSR count). The molecule has 120 valence electrons. The number of anilines is 1. The second-order valence-electron chi connectivity index (χ2n) is 5.68. The molecule has 0 unspecified atom stereocenters. The SMILES string of the molecule is CCCCCC(CCCCC)Nc1cc(OC)ccc1Cl.